The van der Waals surface area contributed by atoms with Gasteiger partial charge < -0.3 is 4.57 Å². The Hall–Kier alpha value is -3.65. The topological polar surface area (TPSA) is 17.8 Å². The SMILES string of the molecule is Cn1c(-c2ccccc2)nc2cc(-c3ccccc3)c(-c3ccccc3)cc21. The smallest absolute Gasteiger partial charge is 0.140 e. The fourth-order valence-electron chi connectivity index (χ4n) is 3.80. The van der Waals surface area contributed by atoms with Crippen molar-refractivity contribution in [2.45, 2.75) is 0 Å². The second kappa shape index (κ2) is 6.82. The van der Waals surface area contributed by atoms with Gasteiger partial charge in [0, 0.05) is 12.6 Å². The third kappa shape index (κ3) is 2.80. The maximum atomic E-state index is 4.97. The van der Waals surface area contributed by atoms with Crippen LogP contribution in [0, 0.1) is 0 Å². The van der Waals surface area contributed by atoms with E-state index in [-0.39, 0.29) is 0 Å². The summed E-state index contributed by atoms with van der Waals surface area (Å²) in [5.74, 6) is 0.986. The molecule has 1 aromatic heterocycles. The molecule has 0 N–H and O–H groups in total. The van der Waals surface area contributed by atoms with Gasteiger partial charge in [-0.1, -0.05) is 91.0 Å². The highest BCUT2D eigenvalue weighted by Crippen LogP contribution is 2.36. The van der Waals surface area contributed by atoms with Crippen LogP contribution in [0.1, 0.15) is 0 Å². The zero-order chi connectivity index (χ0) is 18.9. The van der Waals surface area contributed by atoms with E-state index >= 15 is 0 Å². The number of aromatic nitrogens is 2. The van der Waals surface area contributed by atoms with Gasteiger partial charge in [-0.15, -0.1) is 0 Å². The van der Waals surface area contributed by atoms with Crippen molar-refractivity contribution in [2.24, 2.45) is 7.05 Å². The molecule has 0 saturated carbocycles. The second-order valence-electron chi connectivity index (χ2n) is 6.98. The van der Waals surface area contributed by atoms with E-state index in [0.717, 1.165) is 22.4 Å². The van der Waals surface area contributed by atoms with Crippen LogP contribution >= 0.6 is 0 Å². The molecule has 0 aliphatic rings. The van der Waals surface area contributed by atoms with E-state index in [2.05, 4.69) is 109 Å². The normalized spacial score (nSPS) is 11.0. The van der Waals surface area contributed by atoms with Crippen molar-refractivity contribution in [2.75, 3.05) is 0 Å². The van der Waals surface area contributed by atoms with Crippen molar-refractivity contribution in [1.82, 2.24) is 9.55 Å². The van der Waals surface area contributed by atoms with Gasteiger partial charge in [0.1, 0.15) is 5.82 Å². The Morgan fingerprint density at radius 2 is 1.04 bits per heavy atom. The lowest BCUT2D eigenvalue weighted by Crippen LogP contribution is -1.93. The molecule has 5 aromatic rings. The number of hydrogen-bond donors (Lipinski definition) is 0. The van der Waals surface area contributed by atoms with Crippen LogP contribution < -0.4 is 0 Å². The van der Waals surface area contributed by atoms with Crippen LogP contribution in [0.3, 0.4) is 0 Å². The van der Waals surface area contributed by atoms with Crippen molar-refractivity contribution in [1.29, 1.82) is 0 Å². The third-order valence-electron chi connectivity index (χ3n) is 5.22. The number of aryl methyl sites for hydroxylation is 1. The van der Waals surface area contributed by atoms with Gasteiger partial charge in [0.15, 0.2) is 0 Å². The first kappa shape index (κ1) is 16.5. The van der Waals surface area contributed by atoms with Crippen molar-refractivity contribution < 1.29 is 0 Å². The summed E-state index contributed by atoms with van der Waals surface area (Å²) in [6.45, 7) is 0. The predicted molar refractivity (Wildman–Crippen MR) is 117 cm³/mol. The molecule has 0 unspecified atom stereocenters. The molecule has 134 valence electrons. The van der Waals surface area contributed by atoms with E-state index in [9.17, 15) is 0 Å². The molecule has 4 aromatic carbocycles. The highest BCUT2D eigenvalue weighted by atomic mass is 15.1. The van der Waals surface area contributed by atoms with Crippen LogP contribution in [-0.4, -0.2) is 9.55 Å². The minimum atomic E-state index is 0.986. The zero-order valence-corrected chi connectivity index (χ0v) is 15.7. The van der Waals surface area contributed by atoms with Gasteiger partial charge in [-0.05, 0) is 34.4 Å². The lowest BCUT2D eigenvalue weighted by atomic mass is 9.94. The Morgan fingerprint density at radius 1 is 0.571 bits per heavy atom. The van der Waals surface area contributed by atoms with E-state index in [1.54, 1.807) is 0 Å². The van der Waals surface area contributed by atoms with E-state index in [0.29, 0.717) is 0 Å². The fraction of sp³-hybridized carbons (Fsp3) is 0.0385. The molecule has 0 spiro atoms. The largest absolute Gasteiger partial charge is 0.327 e. The van der Waals surface area contributed by atoms with Crippen molar-refractivity contribution >= 4 is 11.0 Å². The molecule has 0 bridgehead atoms. The first-order valence-corrected chi connectivity index (χ1v) is 9.48. The van der Waals surface area contributed by atoms with Crippen LogP contribution in [0.15, 0.2) is 103 Å². The van der Waals surface area contributed by atoms with E-state index in [1.165, 1.54) is 22.3 Å². The van der Waals surface area contributed by atoms with Gasteiger partial charge in [-0.2, -0.15) is 0 Å². The molecule has 2 nitrogen and oxygen atoms in total. The maximum absolute atomic E-state index is 4.97. The van der Waals surface area contributed by atoms with E-state index in [1.807, 2.05) is 6.07 Å². The molecule has 0 fully saturated rings. The lowest BCUT2D eigenvalue weighted by Gasteiger charge is -2.11. The van der Waals surface area contributed by atoms with Gasteiger partial charge >= 0.3 is 0 Å². The van der Waals surface area contributed by atoms with Gasteiger partial charge in [0.05, 0.1) is 11.0 Å². The summed E-state index contributed by atoms with van der Waals surface area (Å²) < 4.78 is 2.19. The number of imidazole rings is 1. The van der Waals surface area contributed by atoms with Crippen molar-refractivity contribution in [3.05, 3.63) is 103 Å². The van der Waals surface area contributed by atoms with E-state index in [4.69, 9.17) is 4.98 Å². The van der Waals surface area contributed by atoms with E-state index < -0.39 is 0 Å². The summed E-state index contributed by atoms with van der Waals surface area (Å²) in [6.07, 6.45) is 0. The quantitative estimate of drug-likeness (QED) is 0.355. The Morgan fingerprint density at radius 3 is 1.57 bits per heavy atom. The number of nitrogens with zero attached hydrogens (tertiary/aromatic N) is 2. The van der Waals surface area contributed by atoms with Crippen LogP contribution in [-0.2, 0) is 7.05 Å². The average Bonchev–Trinajstić information content (AvgIpc) is 3.10. The summed E-state index contributed by atoms with van der Waals surface area (Å²) in [5, 5.41) is 0. The maximum Gasteiger partial charge on any atom is 0.140 e. The molecule has 28 heavy (non-hydrogen) atoms. The van der Waals surface area contributed by atoms with Gasteiger partial charge in [0.25, 0.3) is 0 Å². The van der Waals surface area contributed by atoms with Crippen molar-refractivity contribution in [3.63, 3.8) is 0 Å². The summed E-state index contributed by atoms with van der Waals surface area (Å²) in [5.41, 5.74) is 8.13. The number of hydrogen-bond acceptors (Lipinski definition) is 1. The third-order valence-corrected chi connectivity index (χ3v) is 5.22. The number of fused-ring (bicyclic) bond motifs is 1. The molecule has 5 rings (SSSR count). The van der Waals surface area contributed by atoms with Crippen LogP contribution in [0.4, 0.5) is 0 Å². The number of rotatable bonds is 3. The Bertz CT molecular complexity index is 1240. The first-order chi connectivity index (χ1) is 13.8. The lowest BCUT2D eigenvalue weighted by molar-refractivity contribution is 0.959. The highest BCUT2D eigenvalue weighted by molar-refractivity contribution is 5.95. The summed E-state index contributed by atoms with van der Waals surface area (Å²) in [4.78, 5) is 4.97. The standard InChI is InChI=1S/C26H20N2/c1-28-25-18-23(20-13-7-3-8-14-20)22(19-11-5-2-6-12-19)17-24(25)27-26(28)21-15-9-4-10-16-21/h2-18H,1H3. The second-order valence-corrected chi connectivity index (χ2v) is 6.98. The van der Waals surface area contributed by atoms with Crippen LogP contribution in [0.2, 0.25) is 0 Å². The molecular formula is C26H20N2. The Balaban J connectivity index is 1.80. The summed E-state index contributed by atoms with van der Waals surface area (Å²) in [7, 11) is 2.09. The van der Waals surface area contributed by atoms with Gasteiger partial charge in [-0.3, -0.25) is 0 Å². The van der Waals surface area contributed by atoms with Crippen LogP contribution in [0.25, 0.3) is 44.7 Å². The predicted octanol–water partition coefficient (Wildman–Crippen LogP) is 6.57. The fourth-order valence-corrected chi connectivity index (χ4v) is 3.80. The molecule has 0 aliphatic carbocycles. The van der Waals surface area contributed by atoms with Crippen LogP contribution in [0.5, 0.6) is 0 Å². The minimum Gasteiger partial charge on any atom is -0.327 e. The molecule has 0 aliphatic heterocycles. The molecule has 0 amide bonds. The zero-order valence-electron chi connectivity index (χ0n) is 15.7. The first-order valence-electron chi connectivity index (χ1n) is 9.48. The summed E-state index contributed by atoms with van der Waals surface area (Å²) in [6, 6.07) is 36.0. The molecule has 0 atom stereocenters. The molecule has 0 radical (unpaired) electrons. The molecule has 1 heterocycles. The van der Waals surface area contributed by atoms with Gasteiger partial charge in [-0.25, -0.2) is 4.98 Å². The molecule has 0 saturated heterocycles. The monoisotopic (exact) mass is 360 g/mol. The van der Waals surface area contributed by atoms with Gasteiger partial charge in [0.2, 0.25) is 0 Å². The van der Waals surface area contributed by atoms with Crippen molar-refractivity contribution in [3.8, 4) is 33.6 Å². The number of benzene rings is 4. The highest BCUT2D eigenvalue weighted by Gasteiger charge is 2.15. The average molecular weight is 360 g/mol. The minimum absolute atomic E-state index is 0.986. The Kier molecular flexibility index (Phi) is 4.02. The summed E-state index contributed by atoms with van der Waals surface area (Å²) >= 11 is 0. The Labute approximate surface area is 164 Å². The molecular weight excluding hydrogens is 340 g/mol. The molecule has 2 heteroatoms.